The highest BCUT2D eigenvalue weighted by Crippen LogP contribution is 2.25. The molecule has 0 bridgehead atoms. The molecule has 6 nitrogen and oxygen atoms in total. The van der Waals surface area contributed by atoms with E-state index in [1.165, 1.54) is 12.3 Å². The lowest BCUT2D eigenvalue weighted by Crippen LogP contribution is -2.44. The average molecular weight is 273 g/mol. The highest BCUT2D eigenvalue weighted by molar-refractivity contribution is 6.33. The van der Waals surface area contributed by atoms with E-state index in [1.807, 2.05) is 4.90 Å². The monoisotopic (exact) mass is 272 g/mol. The Morgan fingerprint density at radius 2 is 2.44 bits per heavy atom. The Hall–Kier alpha value is -1.37. The van der Waals surface area contributed by atoms with E-state index in [4.69, 9.17) is 26.6 Å². The molecule has 0 radical (unpaired) electrons. The Morgan fingerprint density at radius 1 is 1.67 bits per heavy atom. The molecule has 0 aromatic carbocycles. The first kappa shape index (κ1) is 13.1. The van der Waals surface area contributed by atoms with Gasteiger partial charge in [-0.05, 0) is 6.07 Å². The van der Waals surface area contributed by atoms with E-state index in [1.54, 1.807) is 0 Å². The molecule has 2 rings (SSSR count). The zero-order valence-electron chi connectivity index (χ0n) is 9.54. The standard InChI is InChI=1S/C11H13ClN2O4/c12-9-3-7(11(16)17)4-13-10(9)14-1-2-18-8(5-14)6-15/h3-4,8,15H,1-2,5-6H2,(H,16,17). The molecule has 2 N–H and O–H groups in total. The molecule has 0 spiro atoms. The van der Waals surface area contributed by atoms with Crippen LogP contribution in [-0.4, -0.2) is 53.6 Å². The van der Waals surface area contributed by atoms with Crippen molar-refractivity contribution in [2.45, 2.75) is 6.10 Å². The fraction of sp³-hybridized carbons (Fsp3) is 0.455. The van der Waals surface area contributed by atoms with Crippen molar-refractivity contribution in [3.05, 3.63) is 22.8 Å². The zero-order chi connectivity index (χ0) is 13.1. The first-order valence-electron chi connectivity index (χ1n) is 5.48. The lowest BCUT2D eigenvalue weighted by molar-refractivity contribution is 0.00336. The van der Waals surface area contributed by atoms with Gasteiger partial charge in [-0.3, -0.25) is 0 Å². The molecule has 1 aliphatic rings. The van der Waals surface area contributed by atoms with Gasteiger partial charge in [0.2, 0.25) is 0 Å². The van der Waals surface area contributed by atoms with Crippen molar-refractivity contribution >= 4 is 23.4 Å². The smallest absolute Gasteiger partial charge is 0.337 e. The van der Waals surface area contributed by atoms with Crippen LogP contribution >= 0.6 is 11.6 Å². The number of aliphatic hydroxyl groups excluding tert-OH is 1. The minimum atomic E-state index is -1.06. The van der Waals surface area contributed by atoms with E-state index in [9.17, 15) is 4.79 Å². The number of hydrogen-bond acceptors (Lipinski definition) is 5. The lowest BCUT2D eigenvalue weighted by Gasteiger charge is -2.33. The number of carboxylic acid groups (broad SMARTS) is 1. The van der Waals surface area contributed by atoms with Crippen molar-refractivity contribution in [2.75, 3.05) is 31.2 Å². The number of morpholine rings is 1. The average Bonchev–Trinajstić information content (AvgIpc) is 2.38. The fourth-order valence-corrected chi connectivity index (χ4v) is 2.09. The normalized spacial score (nSPS) is 19.9. The molecule has 2 heterocycles. The maximum Gasteiger partial charge on any atom is 0.337 e. The van der Waals surface area contributed by atoms with Gasteiger partial charge in [0.25, 0.3) is 0 Å². The lowest BCUT2D eigenvalue weighted by atomic mass is 10.2. The number of aliphatic hydroxyl groups is 1. The molecule has 0 aliphatic carbocycles. The predicted molar refractivity (Wildman–Crippen MR) is 65.2 cm³/mol. The third-order valence-corrected chi connectivity index (χ3v) is 2.99. The van der Waals surface area contributed by atoms with Gasteiger partial charge in [-0.1, -0.05) is 11.6 Å². The Bertz CT molecular complexity index is 455. The third kappa shape index (κ3) is 2.72. The number of rotatable bonds is 3. The fourth-order valence-electron chi connectivity index (χ4n) is 1.80. The quantitative estimate of drug-likeness (QED) is 0.840. The van der Waals surface area contributed by atoms with Crippen molar-refractivity contribution in [1.29, 1.82) is 0 Å². The number of ether oxygens (including phenoxy) is 1. The number of nitrogens with zero attached hydrogens (tertiary/aromatic N) is 2. The minimum Gasteiger partial charge on any atom is -0.478 e. The van der Waals surface area contributed by atoms with Gasteiger partial charge >= 0.3 is 5.97 Å². The summed E-state index contributed by atoms with van der Waals surface area (Å²) in [4.78, 5) is 16.7. The number of anilines is 1. The Balaban J connectivity index is 2.20. The molecule has 1 aliphatic heterocycles. The molecule has 1 aromatic rings. The summed E-state index contributed by atoms with van der Waals surface area (Å²) in [6, 6.07) is 1.37. The molecule has 1 saturated heterocycles. The molecule has 7 heteroatoms. The summed E-state index contributed by atoms with van der Waals surface area (Å²) < 4.78 is 5.32. The molecule has 1 aromatic heterocycles. The largest absolute Gasteiger partial charge is 0.478 e. The van der Waals surface area contributed by atoms with E-state index < -0.39 is 5.97 Å². The first-order valence-corrected chi connectivity index (χ1v) is 5.86. The van der Waals surface area contributed by atoms with Crippen LogP contribution in [0.25, 0.3) is 0 Å². The Kier molecular flexibility index (Phi) is 4.00. The van der Waals surface area contributed by atoms with Crippen LogP contribution in [0.2, 0.25) is 5.02 Å². The summed E-state index contributed by atoms with van der Waals surface area (Å²) in [5.41, 5.74) is 0.0516. The molecular formula is C11H13ClN2O4. The number of carboxylic acids is 1. The summed E-state index contributed by atoms with van der Waals surface area (Å²) in [5, 5.41) is 18.2. The van der Waals surface area contributed by atoms with Crippen LogP contribution in [0.3, 0.4) is 0 Å². The van der Waals surface area contributed by atoms with Crippen LogP contribution in [0.1, 0.15) is 10.4 Å². The van der Waals surface area contributed by atoms with Gasteiger partial charge in [0, 0.05) is 19.3 Å². The number of hydrogen-bond donors (Lipinski definition) is 2. The maximum absolute atomic E-state index is 10.8. The molecule has 1 unspecified atom stereocenters. The summed E-state index contributed by atoms with van der Waals surface area (Å²) in [7, 11) is 0. The van der Waals surface area contributed by atoms with Gasteiger partial charge in [0.05, 0.1) is 29.9 Å². The van der Waals surface area contributed by atoms with Gasteiger partial charge in [-0.2, -0.15) is 0 Å². The van der Waals surface area contributed by atoms with Crippen LogP contribution in [0.5, 0.6) is 0 Å². The second-order valence-electron chi connectivity index (χ2n) is 3.96. The zero-order valence-corrected chi connectivity index (χ0v) is 10.3. The van der Waals surface area contributed by atoms with E-state index >= 15 is 0 Å². The summed E-state index contributed by atoms with van der Waals surface area (Å²) in [5.74, 6) is -0.547. The second kappa shape index (κ2) is 5.51. The molecule has 1 atom stereocenters. The van der Waals surface area contributed by atoms with E-state index in [0.29, 0.717) is 25.5 Å². The summed E-state index contributed by atoms with van der Waals surface area (Å²) in [6.07, 6.45) is 1.00. The maximum atomic E-state index is 10.8. The number of carbonyl (C=O) groups is 1. The summed E-state index contributed by atoms with van der Waals surface area (Å²) in [6.45, 7) is 1.50. The van der Waals surface area contributed by atoms with Crippen molar-refractivity contribution in [2.24, 2.45) is 0 Å². The highest BCUT2D eigenvalue weighted by Gasteiger charge is 2.23. The summed E-state index contributed by atoms with van der Waals surface area (Å²) >= 11 is 6.03. The SMILES string of the molecule is O=C(O)c1cnc(N2CCOC(CO)C2)c(Cl)c1. The second-order valence-corrected chi connectivity index (χ2v) is 4.36. The van der Waals surface area contributed by atoms with Gasteiger partial charge in [0.15, 0.2) is 0 Å². The number of aromatic carboxylic acids is 1. The molecule has 18 heavy (non-hydrogen) atoms. The van der Waals surface area contributed by atoms with Crippen LogP contribution in [0, 0.1) is 0 Å². The molecule has 1 fully saturated rings. The predicted octanol–water partition coefficient (Wildman–Crippen LogP) is 0.631. The van der Waals surface area contributed by atoms with Gasteiger partial charge in [-0.15, -0.1) is 0 Å². The van der Waals surface area contributed by atoms with Crippen LogP contribution < -0.4 is 4.90 Å². The Labute approximate surface area is 109 Å². The van der Waals surface area contributed by atoms with Crippen LogP contribution in [0.4, 0.5) is 5.82 Å². The van der Waals surface area contributed by atoms with Crippen molar-refractivity contribution < 1.29 is 19.7 Å². The molecule has 0 amide bonds. The Morgan fingerprint density at radius 3 is 3.06 bits per heavy atom. The molecule has 0 saturated carbocycles. The van der Waals surface area contributed by atoms with Crippen LogP contribution in [0.15, 0.2) is 12.3 Å². The van der Waals surface area contributed by atoms with Crippen molar-refractivity contribution in [1.82, 2.24) is 4.98 Å². The number of halogens is 1. The van der Waals surface area contributed by atoms with Gasteiger partial charge in [-0.25, -0.2) is 9.78 Å². The topological polar surface area (TPSA) is 82.9 Å². The first-order chi connectivity index (χ1) is 8.61. The number of aromatic nitrogens is 1. The van der Waals surface area contributed by atoms with Crippen LogP contribution in [-0.2, 0) is 4.74 Å². The van der Waals surface area contributed by atoms with E-state index in [-0.39, 0.29) is 23.3 Å². The van der Waals surface area contributed by atoms with Crippen molar-refractivity contribution in [3.8, 4) is 0 Å². The molecule has 98 valence electrons. The van der Waals surface area contributed by atoms with E-state index in [0.717, 1.165) is 0 Å². The molecular weight excluding hydrogens is 260 g/mol. The number of pyridine rings is 1. The minimum absolute atomic E-state index is 0.0516. The van der Waals surface area contributed by atoms with E-state index in [2.05, 4.69) is 4.98 Å². The van der Waals surface area contributed by atoms with Gasteiger partial charge < -0.3 is 19.8 Å². The van der Waals surface area contributed by atoms with Gasteiger partial charge in [0.1, 0.15) is 5.82 Å². The third-order valence-electron chi connectivity index (χ3n) is 2.71. The highest BCUT2D eigenvalue weighted by atomic mass is 35.5. The van der Waals surface area contributed by atoms with Crippen molar-refractivity contribution in [3.63, 3.8) is 0 Å².